The fourth-order valence-corrected chi connectivity index (χ4v) is 1.45. The lowest BCUT2D eigenvalue weighted by atomic mass is 10.2. The summed E-state index contributed by atoms with van der Waals surface area (Å²) in [6.45, 7) is 1.35. The Kier molecular flexibility index (Phi) is 2.65. The van der Waals surface area contributed by atoms with Crippen molar-refractivity contribution in [1.29, 1.82) is 0 Å². The van der Waals surface area contributed by atoms with Gasteiger partial charge in [0.15, 0.2) is 5.78 Å². The van der Waals surface area contributed by atoms with Gasteiger partial charge in [-0.1, -0.05) is 17.3 Å². The van der Waals surface area contributed by atoms with E-state index in [1.54, 1.807) is 12.1 Å². The maximum atomic E-state index is 11.3. The lowest BCUT2D eigenvalue weighted by molar-refractivity contribution is -0.384. The van der Waals surface area contributed by atoms with Crippen molar-refractivity contribution in [2.45, 2.75) is 6.92 Å². The summed E-state index contributed by atoms with van der Waals surface area (Å²) in [6.07, 6.45) is 1.28. The first-order valence-electron chi connectivity index (χ1n) is 4.76. The zero-order valence-electron chi connectivity index (χ0n) is 8.90. The number of benzene rings is 1. The molecule has 0 aliphatic carbocycles. The standard InChI is InChI=1S/C10H8N4O3/c1-7(15)10-6-11-12-13(10)8-4-2-3-5-9(8)14(16)17/h2-6H,1H3. The van der Waals surface area contributed by atoms with E-state index in [1.807, 2.05) is 0 Å². The quantitative estimate of drug-likeness (QED) is 0.453. The first kappa shape index (κ1) is 10.9. The van der Waals surface area contributed by atoms with Crippen LogP contribution in [0.2, 0.25) is 0 Å². The van der Waals surface area contributed by atoms with Gasteiger partial charge in [0.1, 0.15) is 11.4 Å². The van der Waals surface area contributed by atoms with Gasteiger partial charge in [0, 0.05) is 13.0 Å². The number of carbonyl (C=O) groups is 1. The Labute approximate surface area is 95.8 Å². The van der Waals surface area contributed by atoms with E-state index in [2.05, 4.69) is 10.3 Å². The van der Waals surface area contributed by atoms with Gasteiger partial charge in [-0.15, -0.1) is 5.10 Å². The molecule has 1 aromatic carbocycles. The van der Waals surface area contributed by atoms with Gasteiger partial charge in [-0.2, -0.15) is 0 Å². The minimum atomic E-state index is -0.527. The van der Waals surface area contributed by atoms with E-state index in [9.17, 15) is 14.9 Å². The minimum absolute atomic E-state index is 0.125. The number of nitro groups is 1. The largest absolute Gasteiger partial charge is 0.294 e. The van der Waals surface area contributed by atoms with Crippen LogP contribution in [0.5, 0.6) is 0 Å². The first-order valence-corrected chi connectivity index (χ1v) is 4.76. The molecule has 1 heterocycles. The summed E-state index contributed by atoms with van der Waals surface area (Å²) >= 11 is 0. The molecule has 0 bridgehead atoms. The molecule has 0 fully saturated rings. The van der Waals surface area contributed by atoms with Crippen LogP contribution in [0.3, 0.4) is 0 Å². The van der Waals surface area contributed by atoms with Crippen LogP contribution in [0.4, 0.5) is 5.69 Å². The van der Waals surface area contributed by atoms with Crippen LogP contribution >= 0.6 is 0 Å². The number of Topliss-reactive ketones (excluding diaryl/α,β-unsaturated/α-hetero) is 1. The summed E-state index contributed by atoms with van der Waals surface area (Å²) < 4.78 is 1.17. The van der Waals surface area contributed by atoms with E-state index in [0.29, 0.717) is 0 Å². The van der Waals surface area contributed by atoms with Gasteiger partial charge in [0.25, 0.3) is 5.69 Å². The molecule has 0 atom stereocenters. The maximum absolute atomic E-state index is 11.3. The summed E-state index contributed by atoms with van der Waals surface area (Å²) in [5, 5.41) is 18.1. The van der Waals surface area contributed by atoms with E-state index >= 15 is 0 Å². The average molecular weight is 232 g/mol. The van der Waals surface area contributed by atoms with E-state index in [4.69, 9.17) is 0 Å². The Balaban J connectivity index is 2.64. The molecular formula is C10H8N4O3. The fraction of sp³-hybridized carbons (Fsp3) is 0.100. The Morgan fingerprint density at radius 2 is 2.12 bits per heavy atom. The molecule has 0 aliphatic rings. The molecule has 0 N–H and O–H groups in total. The van der Waals surface area contributed by atoms with Crippen molar-refractivity contribution in [3.63, 3.8) is 0 Å². The van der Waals surface area contributed by atoms with Crippen LogP contribution in [0.15, 0.2) is 30.5 Å². The average Bonchev–Trinajstić information content (AvgIpc) is 2.77. The molecule has 0 unspecified atom stereocenters. The molecule has 0 saturated heterocycles. The minimum Gasteiger partial charge on any atom is -0.293 e. The van der Waals surface area contributed by atoms with Crippen molar-refractivity contribution in [3.05, 3.63) is 46.3 Å². The summed E-state index contributed by atoms with van der Waals surface area (Å²) in [4.78, 5) is 21.6. The number of rotatable bonds is 3. The Bertz CT molecular complexity index is 591. The van der Waals surface area contributed by atoms with Gasteiger partial charge >= 0.3 is 0 Å². The molecule has 2 rings (SSSR count). The zero-order chi connectivity index (χ0) is 12.4. The van der Waals surface area contributed by atoms with Gasteiger partial charge < -0.3 is 0 Å². The van der Waals surface area contributed by atoms with Crippen LogP contribution in [0.25, 0.3) is 5.69 Å². The van der Waals surface area contributed by atoms with Gasteiger partial charge in [0.05, 0.1) is 11.1 Å². The first-order chi connectivity index (χ1) is 8.11. The Morgan fingerprint density at radius 1 is 1.41 bits per heavy atom. The van der Waals surface area contributed by atoms with Gasteiger partial charge in [0.2, 0.25) is 0 Å². The molecular weight excluding hydrogens is 224 g/mol. The fourth-order valence-electron chi connectivity index (χ4n) is 1.45. The molecule has 7 nitrogen and oxygen atoms in total. The molecule has 0 saturated carbocycles. The maximum Gasteiger partial charge on any atom is 0.294 e. The lowest BCUT2D eigenvalue weighted by Crippen LogP contribution is -2.08. The second-order valence-corrected chi connectivity index (χ2v) is 3.33. The molecule has 0 amide bonds. The summed E-state index contributed by atoms with van der Waals surface area (Å²) in [5.41, 5.74) is 0.306. The number of ketones is 1. The van der Waals surface area contributed by atoms with E-state index in [1.165, 1.54) is 29.9 Å². The second kappa shape index (κ2) is 4.12. The van der Waals surface area contributed by atoms with Crippen LogP contribution in [-0.2, 0) is 0 Å². The van der Waals surface area contributed by atoms with E-state index in [-0.39, 0.29) is 22.9 Å². The number of para-hydroxylation sites is 2. The molecule has 86 valence electrons. The van der Waals surface area contributed by atoms with Gasteiger partial charge in [-0.3, -0.25) is 14.9 Å². The van der Waals surface area contributed by atoms with Crippen LogP contribution in [-0.4, -0.2) is 25.7 Å². The third-order valence-electron chi connectivity index (χ3n) is 2.22. The molecule has 2 aromatic rings. The molecule has 7 heteroatoms. The highest BCUT2D eigenvalue weighted by atomic mass is 16.6. The molecule has 1 aromatic heterocycles. The Hall–Kier alpha value is -2.57. The molecule has 0 radical (unpaired) electrons. The highest BCUT2D eigenvalue weighted by Crippen LogP contribution is 2.22. The second-order valence-electron chi connectivity index (χ2n) is 3.33. The van der Waals surface area contributed by atoms with Crippen molar-refractivity contribution >= 4 is 11.5 Å². The molecule has 0 spiro atoms. The summed E-state index contributed by atoms with van der Waals surface area (Å²) in [6, 6.07) is 6.04. The number of carbonyl (C=O) groups excluding carboxylic acids is 1. The summed E-state index contributed by atoms with van der Waals surface area (Å²) in [5.74, 6) is -0.256. The summed E-state index contributed by atoms with van der Waals surface area (Å²) in [7, 11) is 0. The highest BCUT2D eigenvalue weighted by Gasteiger charge is 2.19. The van der Waals surface area contributed by atoms with Crippen molar-refractivity contribution in [2.75, 3.05) is 0 Å². The number of hydrogen-bond donors (Lipinski definition) is 0. The van der Waals surface area contributed by atoms with Crippen LogP contribution < -0.4 is 0 Å². The van der Waals surface area contributed by atoms with Gasteiger partial charge in [-0.05, 0) is 6.07 Å². The number of aromatic nitrogens is 3. The molecule has 17 heavy (non-hydrogen) atoms. The third kappa shape index (κ3) is 1.89. The topological polar surface area (TPSA) is 90.9 Å². The Morgan fingerprint density at radius 3 is 2.76 bits per heavy atom. The SMILES string of the molecule is CC(=O)c1cnnn1-c1ccccc1[N+](=O)[O-]. The van der Waals surface area contributed by atoms with Crippen molar-refractivity contribution in [2.24, 2.45) is 0 Å². The number of nitrogens with zero attached hydrogens (tertiary/aromatic N) is 4. The van der Waals surface area contributed by atoms with Crippen LogP contribution in [0, 0.1) is 10.1 Å². The van der Waals surface area contributed by atoms with Crippen molar-refractivity contribution < 1.29 is 9.72 Å². The molecule has 0 aliphatic heterocycles. The van der Waals surface area contributed by atoms with E-state index < -0.39 is 4.92 Å². The predicted octanol–water partition coefficient (Wildman–Crippen LogP) is 1.38. The number of nitro benzene ring substituents is 1. The number of hydrogen-bond acceptors (Lipinski definition) is 5. The third-order valence-corrected chi connectivity index (χ3v) is 2.22. The zero-order valence-corrected chi connectivity index (χ0v) is 8.90. The smallest absolute Gasteiger partial charge is 0.293 e. The predicted molar refractivity (Wildman–Crippen MR) is 58.0 cm³/mol. The lowest BCUT2D eigenvalue weighted by Gasteiger charge is -2.03. The van der Waals surface area contributed by atoms with Crippen molar-refractivity contribution in [1.82, 2.24) is 15.0 Å². The van der Waals surface area contributed by atoms with Crippen molar-refractivity contribution in [3.8, 4) is 5.69 Å². The van der Waals surface area contributed by atoms with Crippen LogP contribution in [0.1, 0.15) is 17.4 Å². The highest BCUT2D eigenvalue weighted by molar-refractivity contribution is 5.92. The van der Waals surface area contributed by atoms with Gasteiger partial charge in [-0.25, -0.2) is 4.68 Å². The van der Waals surface area contributed by atoms with E-state index in [0.717, 1.165) is 0 Å². The monoisotopic (exact) mass is 232 g/mol. The normalized spacial score (nSPS) is 10.2.